The maximum absolute atomic E-state index is 8.79. The molecule has 7 rings (SSSR count). The molecule has 211 valence electrons. The summed E-state index contributed by atoms with van der Waals surface area (Å²) in [5, 5.41) is 2.68. The van der Waals surface area contributed by atoms with Gasteiger partial charge in [-0.05, 0) is 65.9 Å². The van der Waals surface area contributed by atoms with E-state index in [1.807, 2.05) is 72.8 Å². The third-order valence-electron chi connectivity index (χ3n) is 6.50. The number of hydrogen-bond donors (Lipinski definition) is 0. The minimum absolute atomic E-state index is 0. The molecule has 7 aromatic rings. The molecule has 4 aromatic heterocycles. The van der Waals surface area contributed by atoms with Crippen molar-refractivity contribution in [1.29, 1.82) is 0 Å². The SMILES string of the molecule is [2H]C([2H])([2H])c1cnc(-c2[c-]ccc3c2oc2c4cccnc4ccc32)cc1C([2H])([2H])C(C)(C)C.[Ir].[c-]1ccccc1-c1ccccn1. The molecule has 0 N–H and O–H groups in total. The molecular weight excluding hydrogens is 695 g/mol. The van der Waals surface area contributed by atoms with E-state index in [4.69, 9.17) is 11.3 Å². The Balaban J connectivity index is 0.000000280. The van der Waals surface area contributed by atoms with Crippen molar-refractivity contribution in [3.63, 3.8) is 0 Å². The fourth-order valence-electron chi connectivity index (χ4n) is 4.72. The van der Waals surface area contributed by atoms with Crippen molar-refractivity contribution < 1.29 is 31.4 Å². The summed E-state index contributed by atoms with van der Waals surface area (Å²) in [5.74, 6) is 0. The van der Waals surface area contributed by atoms with Gasteiger partial charge in [-0.3, -0.25) is 4.98 Å². The van der Waals surface area contributed by atoms with Gasteiger partial charge in [0.1, 0.15) is 5.58 Å². The molecule has 0 spiro atoms. The van der Waals surface area contributed by atoms with Crippen LogP contribution in [0, 0.1) is 24.4 Å². The predicted octanol–water partition coefficient (Wildman–Crippen LogP) is 9.44. The Morgan fingerprint density at radius 3 is 2.38 bits per heavy atom. The van der Waals surface area contributed by atoms with Crippen molar-refractivity contribution in [2.24, 2.45) is 5.41 Å². The van der Waals surface area contributed by atoms with E-state index in [-0.39, 0.29) is 31.2 Å². The summed E-state index contributed by atoms with van der Waals surface area (Å²) in [6.45, 7) is 2.76. The van der Waals surface area contributed by atoms with E-state index in [0.717, 1.165) is 32.9 Å². The van der Waals surface area contributed by atoms with Crippen LogP contribution in [-0.2, 0) is 26.5 Å². The van der Waals surface area contributed by atoms with Gasteiger partial charge in [-0.25, -0.2) is 0 Å². The molecule has 0 atom stereocenters. The van der Waals surface area contributed by atoms with Crippen molar-refractivity contribution in [3.05, 3.63) is 127 Å². The van der Waals surface area contributed by atoms with Crippen LogP contribution in [0.1, 0.15) is 38.8 Å². The molecule has 4 heterocycles. The fourth-order valence-corrected chi connectivity index (χ4v) is 4.72. The Bertz CT molecular complexity index is 2120. The zero-order valence-corrected chi connectivity index (χ0v) is 25.8. The van der Waals surface area contributed by atoms with Crippen LogP contribution < -0.4 is 0 Å². The first-order valence-electron chi connectivity index (χ1n) is 15.9. The molecule has 0 amide bonds. The van der Waals surface area contributed by atoms with Gasteiger partial charge in [0.2, 0.25) is 0 Å². The summed E-state index contributed by atoms with van der Waals surface area (Å²) >= 11 is 0. The number of nitrogens with zero attached hydrogens (tertiary/aromatic N) is 3. The van der Waals surface area contributed by atoms with Gasteiger partial charge >= 0.3 is 0 Å². The van der Waals surface area contributed by atoms with Crippen molar-refractivity contribution in [3.8, 4) is 22.5 Å². The number of aryl methyl sites for hydroxylation is 1. The first-order valence-corrected chi connectivity index (χ1v) is 13.4. The van der Waals surface area contributed by atoms with Gasteiger partial charge < -0.3 is 14.4 Å². The average molecular weight is 731 g/mol. The molecule has 1 radical (unpaired) electrons. The quantitative estimate of drug-likeness (QED) is 0.170. The zero-order chi connectivity index (χ0) is 32.7. The number of fused-ring (bicyclic) bond motifs is 5. The molecule has 0 saturated heterocycles. The van der Waals surface area contributed by atoms with Crippen LogP contribution in [0.15, 0.2) is 108 Å². The monoisotopic (exact) mass is 731 g/mol. The second kappa shape index (κ2) is 12.4. The number of benzene rings is 3. The van der Waals surface area contributed by atoms with Crippen molar-refractivity contribution in [2.75, 3.05) is 0 Å². The van der Waals surface area contributed by atoms with Gasteiger partial charge in [0.15, 0.2) is 0 Å². The van der Waals surface area contributed by atoms with Crippen LogP contribution in [0.3, 0.4) is 0 Å². The van der Waals surface area contributed by atoms with E-state index >= 15 is 0 Å². The predicted molar refractivity (Wildman–Crippen MR) is 167 cm³/mol. The summed E-state index contributed by atoms with van der Waals surface area (Å²) < 4.78 is 47.7. The Labute approximate surface area is 267 Å². The molecule has 0 unspecified atom stereocenters. The smallest absolute Gasteiger partial charge is 0.130 e. The van der Waals surface area contributed by atoms with Gasteiger partial charge in [-0.15, -0.1) is 54.1 Å². The van der Waals surface area contributed by atoms with E-state index in [1.54, 1.807) is 39.2 Å². The molecule has 0 aliphatic heterocycles. The second-order valence-electron chi connectivity index (χ2n) is 10.7. The molecular formula is C37H31IrN3O-2. The first-order chi connectivity index (χ1) is 21.9. The average Bonchev–Trinajstić information content (AvgIpc) is 3.44. The molecule has 5 heteroatoms. The maximum Gasteiger partial charge on any atom is 0.130 e. The minimum atomic E-state index is -2.50. The van der Waals surface area contributed by atoms with Gasteiger partial charge in [0, 0.05) is 56.3 Å². The summed E-state index contributed by atoms with van der Waals surface area (Å²) in [6.07, 6.45) is 2.86. The minimum Gasteiger partial charge on any atom is -0.500 e. The molecule has 0 fully saturated rings. The first kappa shape index (κ1) is 23.4. The fraction of sp³-hybridized carbons (Fsp3) is 0.162. The van der Waals surface area contributed by atoms with Crippen LogP contribution in [0.25, 0.3) is 55.4 Å². The third-order valence-corrected chi connectivity index (χ3v) is 6.50. The molecule has 3 aromatic carbocycles. The summed E-state index contributed by atoms with van der Waals surface area (Å²) in [6, 6.07) is 32.9. The number of rotatable bonds is 3. The number of furan rings is 1. The van der Waals surface area contributed by atoms with Crippen molar-refractivity contribution in [1.82, 2.24) is 15.0 Å². The number of pyridine rings is 3. The van der Waals surface area contributed by atoms with Gasteiger partial charge in [0.25, 0.3) is 0 Å². The molecule has 0 bridgehead atoms. The Hall–Kier alpha value is -4.18. The normalized spacial score (nSPS) is 13.6. The number of aromatic nitrogens is 3. The van der Waals surface area contributed by atoms with E-state index in [0.29, 0.717) is 22.4 Å². The van der Waals surface area contributed by atoms with Gasteiger partial charge in [-0.1, -0.05) is 55.5 Å². The standard InChI is InChI=1S/C26H23N2O.C11H8N.Ir/c1-16-15-28-23(13-17(16)14-26(2,3)4)21-8-5-7-18-19-10-11-22-20(9-6-12-27-22)25(19)29-24(18)21;1-2-6-10(7-3-1)11-8-4-5-9-12-11;/h5-7,9-13,15H,14H2,1-4H3;1-6,8-9H;/q2*-1;/i1D3,14D2;;. The third kappa shape index (κ3) is 6.18. The Morgan fingerprint density at radius 2 is 1.62 bits per heavy atom. The topological polar surface area (TPSA) is 51.8 Å². The van der Waals surface area contributed by atoms with E-state index in [9.17, 15) is 0 Å². The molecule has 0 saturated carbocycles. The Morgan fingerprint density at radius 1 is 0.786 bits per heavy atom. The second-order valence-corrected chi connectivity index (χ2v) is 10.7. The van der Waals surface area contributed by atoms with E-state index < -0.39 is 18.6 Å². The Kier molecular flexibility index (Phi) is 6.88. The van der Waals surface area contributed by atoms with Crippen LogP contribution in [-0.4, -0.2) is 15.0 Å². The van der Waals surface area contributed by atoms with Crippen LogP contribution in [0.2, 0.25) is 0 Å². The van der Waals surface area contributed by atoms with Gasteiger partial charge in [0.05, 0.1) is 11.1 Å². The molecule has 4 nitrogen and oxygen atoms in total. The van der Waals surface area contributed by atoms with Crippen LogP contribution in [0.4, 0.5) is 0 Å². The largest absolute Gasteiger partial charge is 0.500 e. The summed E-state index contributed by atoms with van der Waals surface area (Å²) in [5.41, 5.74) is 4.21. The van der Waals surface area contributed by atoms with Gasteiger partial charge in [-0.2, -0.15) is 0 Å². The van der Waals surface area contributed by atoms with E-state index in [2.05, 4.69) is 27.1 Å². The van der Waals surface area contributed by atoms with E-state index in [1.165, 1.54) is 12.3 Å². The van der Waals surface area contributed by atoms with Crippen molar-refractivity contribution >= 4 is 32.8 Å². The van der Waals surface area contributed by atoms with Crippen LogP contribution in [0.5, 0.6) is 0 Å². The summed E-state index contributed by atoms with van der Waals surface area (Å²) in [4.78, 5) is 13.0. The molecule has 42 heavy (non-hydrogen) atoms. The molecule has 0 aliphatic rings. The summed E-state index contributed by atoms with van der Waals surface area (Å²) in [7, 11) is 0. The zero-order valence-electron chi connectivity index (χ0n) is 28.4. The van der Waals surface area contributed by atoms with Crippen molar-refractivity contribution in [2.45, 2.75) is 34.0 Å². The maximum atomic E-state index is 8.79. The number of hydrogen-bond acceptors (Lipinski definition) is 4. The molecule has 0 aliphatic carbocycles. The van der Waals surface area contributed by atoms with Crippen LogP contribution >= 0.6 is 0 Å².